The summed E-state index contributed by atoms with van der Waals surface area (Å²) in [5.41, 5.74) is 1.64. The van der Waals surface area contributed by atoms with Gasteiger partial charge >= 0.3 is 0 Å². The van der Waals surface area contributed by atoms with E-state index in [2.05, 4.69) is 31.2 Å². The Hall–Kier alpha value is -2.54. The predicted molar refractivity (Wildman–Crippen MR) is 103 cm³/mol. The van der Waals surface area contributed by atoms with Crippen molar-refractivity contribution < 1.29 is 4.79 Å². The van der Waals surface area contributed by atoms with Crippen LogP contribution in [-0.2, 0) is 13.0 Å². The van der Waals surface area contributed by atoms with Gasteiger partial charge in [0.1, 0.15) is 5.82 Å². The third-order valence-corrected chi connectivity index (χ3v) is 4.97. The van der Waals surface area contributed by atoms with Crippen LogP contribution in [0, 0.1) is 0 Å². The van der Waals surface area contributed by atoms with Gasteiger partial charge in [0.25, 0.3) is 11.5 Å². The van der Waals surface area contributed by atoms with Crippen molar-refractivity contribution in [2.24, 2.45) is 0 Å². The van der Waals surface area contributed by atoms with Gasteiger partial charge in [-0.2, -0.15) is 0 Å². The maximum absolute atomic E-state index is 12.9. The summed E-state index contributed by atoms with van der Waals surface area (Å²) < 4.78 is 2.51. The molecule has 1 amide bonds. The zero-order chi connectivity index (χ0) is 18.1. The molecule has 6 nitrogen and oxygen atoms in total. The van der Waals surface area contributed by atoms with Crippen LogP contribution in [-0.4, -0.2) is 20.4 Å². The van der Waals surface area contributed by atoms with Gasteiger partial charge in [0.05, 0.1) is 16.5 Å². The highest BCUT2D eigenvalue weighted by molar-refractivity contribution is 9.10. The van der Waals surface area contributed by atoms with Crippen molar-refractivity contribution in [2.45, 2.75) is 32.2 Å². The average Bonchev–Trinajstić information content (AvgIpc) is 2.88. The lowest BCUT2D eigenvalue weighted by atomic mass is 10.2. The van der Waals surface area contributed by atoms with Crippen LogP contribution in [0.2, 0.25) is 0 Å². The van der Waals surface area contributed by atoms with Gasteiger partial charge in [-0.1, -0.05) is 6.42 Å². The number of hydrogen-bond donors (Lipinski definition) is 1. The lowest BCUT2D eigenvalue weighted by molar-refractivity contribution is 0.102. The van der Waals surface area contributed by atoms with E-state index >= 15 is 0 Å². The predicted octanol–water partition coefficient (Wildman–Crippen LogP) is 3.53. The van der Waals surface area contributed by atoms with Gasteiger partial charge < -0.3 is 5.32 Å². The summed E-state index contributed by atoms with van der Waals surface area (Å²) in [4.78, 5) is 33.9. The molecule has 0 atom stereocenters. The molecule has 7 heteroatoms. The number of hydrogen-bond acceptors (Lipinski definition) is 4. The van der Waals surface area contributed by atoms with Gasteiger partial charge in [0, 0.05) is 35.5 Å². The van der Waals surface area contributed by atoms with Gasteiger partial charge in [-0.25, -0.2) is 4.98 Å². The highest BCUT2D eigenvalue weighted by atomic mass is 79.9. The Bertz CT molecular complexity index is 1060. The number of rotatable bonds is 2. The first-order chi connectivity index (χ1) is 12.6. The van der Waals surface area contributed by atoms with Gasteiger partial charge in [-0.05, 0) is 53.0 Å². The Morgan fingerprint density at radius 3 is 2.88 bits per heavy atom. The first-order valence-electron chi connectivity index (χ1n) is 8.57. The second kappa shape index (κ2) is 6.99. The first-order valence-corrected chi connectivity index (χ1v) is 9.36. The number of carbonyl (C=O) groups is 1. The molecular weight excluding hydrogens is 396 g/mol. The quantitative estimate of drug-likeness (QED) is 0.698. The number of nitrogens with zero attached hydrogens (tertiary/aromatic N) is 3. The minimum Gasteiger partial charge on any atom is -0.322 e. The Morgan fingerprint density at radius 2 is 2.04 bits per heavy atom. The normalized spacial score (nSPS) is 13.9. The fourth-order valence-electron chi connectivity index (χ4n) is 3.24. The molecule has 0 radical (unpaired) electrons. The van der Waals surface area contributed by atoms with Crippen molar-refractivity contribution in [3.8, 4) is 0 Å². The van der Waals surface area contributed by atoms with E-state index in [0.717, 1.165) is 36.0 Å². The molecule has 4 rings (SSSR count). The standard InChI is InChI=1S/C19H17BrN4O2/c20-13-8-12(10-21-11-13)18(25)22-14-5-6-16-15(9-14)19(26)24-7-3-1-2-4-17(24)23-16/h5-6,8-11H,1-4,7H2,(H,22,25). The van der Waals surface area contributed by atoms with Crippen LogP contribution < -0.4 is 10.9 Å². The summed E-state index contributed by atoms with van der Waals surface area (Å²) in [6, 6.07) is 6.95. The summed E-state index contributed by atoms with van der Waals surface area (Å²) in [6.07, 6.45) is 7.11. The molecule has 3 aromatic rings. The molecule has 0 saturated heterocycles. The number of aryl methyl sites for hydroxylation is 1. The van der Waals surface area contributed by atoms with Gasteiger partial charge in [0.15, 0.2) is 0 Å². The highest BCUT2D eigenvalue weighted by Crippen LogP contribution is 2.19. The zero-order valence-electron chi connectivity index (χ0n) is 14.0. The minimum absolute atomic E-state index is 0.0351. The van der Waals surface area contributed by atoms with E-state index in [1.165, 1.54) is 6.20 Å². The second-order valence-electron chi connectivity index (χ2n) is 6.37. The number of anilines is 1. The third-order valence-electron chi connectivity index (χ3n) is 4.54. The molecular formula is C19H17BrN4O2. The highest BCUT2D eigenvalue weighted by Gasteiger charge is 2.15. The number of halogens is 1. The van der Waals surface area contributed by atoms with Crippen molar-refractivity contribution in [3.05, 3.63) is 62.9 Å². The monoisotopic (exact) mass is 412 g/mol. The summed E-state index contributed by atoms with van der Waals surface area (Å²) in [6.45, 7) is 0.706. The van der Waals surface area contributed by atoms with Gasteiger partial charge in [-0.3, -0.25) is 19.1 Å². The zero-order valence-corrected chi connectivity index (χ0v) is 15.6. The van der Waals surface area contributed by atoms with Crippen LogP contribution in [0.3, 0.4) is 0 Å². The molecule has 0 unspecified atom stereocenters. The number of nitrogens with one attached hydrogen (secondary N) is 1. The van der Waals surface area contributed by atoms with Crippen molar-refractivity contribution in [1.29, 1.82) is 0 Å². The van der Waals surface area contributed by atoms with Crippen LogP contribution in [0.15, 0.2) is 45.9 Å². The second-order valence-corrected chi connectivity index (χ2v) is 7.29. The SMILES string of the molecule is O=C(Nc1ccc2nc3n(c(=O)c2c1)CCCCC3)c1cncc(Br)c1. The fraction of sp³-hybridized carbons (Fsp3) is 0.263. The molecule has 26 heavy (non-hydrogen) atoms. The number of benzene rings is 1. The topological polar surface area (TPSA) is 76.9 Å². The van der Waals surface area contributed by atoms with E-state index in [0.29, 0.717) is 28.7 Å². The number of aromatic nitrogens is 3. The maximum atomic E-state index is 12.9. The third kappa shape index (κ3) is 3.26. The Balaban J connectivity index is 1.70. The van der Waals surface area contributed by atoms with E-state index in [-0.39, 0.29) is 11.5 Å². The Morgan fingerprint density at radius 1 is 1.15 bits per heavy atom. The Kier molecular flexibility index (Phi) is 4.55. The smallest absolute Gasteiger partial charge is 0.261 e. The van der Waals surface area contributed by atoms with Crippen LogP contribution >= 0.6 is 15.9 Å². The number of amides is 1. The molecule has 2 aromatic heterocycles. The van der Waals surface area contributed by atoms with Crippen LogP contribution in [0.4, 0.5) is 5.69 Å². The van der Waals surface area contributed by atoms with Crippen molar-refractivity contribution in [2.75, 3.05) is 5.32 Å². The van der Waals surface area contributed by atoms with Crippen molar-refractivity contribution >= 4 is 38.4 Å². The van der Waals surface area contributed by atoms with E-state index in [4.69, 9.17) is 0 Å². The van der Waals surface area contributed by atoms with Crippen molar-refractivity contribution in [1.82, 2.24) is 14.5 Å². The summed E-state index contributed by atoms with van der Waals surface area (Å²) in [5, 5.41) is 3.35. The molecule has 1 aliphatic heterocycles. The van der Waals surface area contributed by atoms with E-state index < -0.39 is 0 Å². The fourth-order valence-corrected chi connectivity index (χ4v) is 3.60. The first kappa shape index (κ1) is 16.9. The van der Waals surface area contributed by atoms with E-state index in [1.54, 1.807) is 35.0 Å². The molecule has 1 aliphatic rings. The largest absolute Gasteiger partial charge is 0.322 e. The molecule has 0 aliphatic carbocycles. The summed E-state index contributed by atoms with van der Waals surface area (Å²) in [5.74, 6) is 0.581. The molecule has 0 saturated carbocycles. The minimum atomic E-state index is -0.277. The molecule has 0 spiro atoms. The van der Waals surface area contributed by atoms with Crippen LogP contribution in [0.5, 0.6) is 0 Å². The average molecular weight is 413 g/mol. The number of fused-ring (bicyclic) bond motifs is 2. The molecule has 3 heterocycles. The number of carbonyl (C=O) groups excluding carboxylic acids is 1. The molecule has 1 N–H and O–H groups in total. The lowest BCUT2D eigenvalue weighted by Crippen LogP contribution is -2.24. The van der Waals surface area contributed by atoms with Crippen LogP contribution in [0.1, 0.15) is 35.4 Å². The maximum Gasteiger partial charge on any atom is 0.261 e. The molecule has 1 aromatic carbocycles. The van der Waals surface area contributed by atoms with Gasteiger partial charge in [0.2, 0.25) is 0 Å². The Labute approximate surface area is 158 Å². The van der Waals surface area contributed by atoms with E-state index in [1.807, 2.05) is 0 Å². The number of pyridine rings is 1. The summed E-state index contributed by atoms with van der Waals surface area (Å²) >= 11 is 3.30. The molecule has 132 valence electrons. The van der Waals surface area contributed by atoms with E-state index in [9.17, 15) is 9.59 Å². The lowest BCUT2D eigenvalue weighted by Gasteiger charge is -2.11. The van der Waals surface area contributed by atoms with Gasteiger partial charge in [-0.15, -0.1) is 0 Å². The molecule has 0 fully saturated rings. The van der Waals surface area contributed by atoms with Crippen molar-refractivity contribution in [3.63, 3.8) is 0 Å². The molecule has 0 bridgehead atoms. The summed E-state index contributed by atoms with van der Waals surface area (Å²) in [7, 11) is 0. The van der Waals surface area contributed by atoms with Crippen LogP contribution in [0.25, 0.3) is 10.9 Å².